The Bertz CT molecular complexity index is 996. The quantitative estimate of drug-likeness (QED) is 0.268. The molecule has 1 heterocycles. The second kappa shape index (κ2) is 10.5. The van der Waals surface area contributed by atoms with Crippen molar-refractivity contribution in [1.82, 2.24) is 10.2 Å². The fourth-order valence-corrected chi connectivity index (χ4v) is 4.26. The lowest BCUT2D eigenvalue weighted by Crippen LogP contribution is -2.31. The molecule has 0 saturated carbocycles. The Morgan fingerprint density at radius 2 is 2.00 bits per heavy atom. The Morgan fingerprint density at radius 3 is 2.70 bits per heavy atom. The highest BCUT2D eigenvalue weighted by Gasteiger charge is 2.29. The van der Waals surface area contributed by atoms with Crippen LogP contribution in [0.15, 0.2) is 42.1 Å². The van der Waals surface area contributed by atoms with E-state index in [2.05, 4.69) is 27.9 Å². The van der Waals surface area contributed by atoms with Gasteiger partial charge in [-0.3, -0.25) is 9.69 Å². The van der Waals surface area contributed by atoms with Crippen molar-refractivity contribution in [2.75, 3.05) is 13.2 Å². The van der Waals surface area contributed by atoms with Crippen molar-refractivity contribution in [3.8, 4) is 11.5 Å². The maximum absolute atomic E-state index is 12.6. The first kappa shape index (κ1) is 22.8. The summed E-state index contributed by atoms with van der Waals surface area (Å²) < 4.78 is 12.7. The van der Waals surface area contributed by atoms with Crippen molar-refractivity contribution >= 4 is 63.5 Å². The van der Waals surface area contributed by atoms with Gasteiger partial charge in [-0.15, -0.1) is 0 Å². The molecule has 8 heteroatoms. The summed E-state index contributed by atoms with van der Waals surface area (Å²) in [6, 6.07) is 11.4. The fourth-order valence-electron chi connectivity index (χ4n) is 3.00. The molecule has 1 aliphatic heterocycles. The zero-order valence-electron chi connectivity index (χ0n) is 16.7. The summed E-state index contributed by atoms with van der Waals surface area (Å²) in [6.07, 6.45) is 2.62. The summed E-state index contributed by atoms with van der Waals surface area (Å²) in [7, 11) is 0. The maximum atomic E-state index is 12.6. The van der Waals surface area contributed by atoms with Crippen molar-refractivity contribution in [3.63, 3.8) is 0 Å². The number of carbonyl (C=O) groups is 1. The van der Waals surface area contributed by atoms with Crippen LogP contribution in [0.3, 0.4) is 0 Å². The van der Waals surface area contributed by atoms with E-state index in [9.17, 15) is 4.79 Å². The van der Waals surface area contributed by atoms with Crippen molar-refractivity contribution in [1.29, 1.82) is 0 Å². The number of carbonyl (C=O) groups excluding carboxylic acids is 1. The molecule has 2 aromatic carbocycles. The normalized spacial score (nSPS) is 14.9. The minimum atomic E-state index is -0.117. The zero-order chi connectivity index (χ0) is 21.7. The van der Waals surface area contributed by atoms with E-state index in [0.29, 0.717) is 47.1 Å². The Kier molecular flexibility index (Phi) is 7.96. The topological polar surface area (TPSA) is 50.8 Å². The number of thiocarbonyl (C=S) groups is 1. The SMILES string of the molecule is CCCN1C(=O)/C(=C/c2cc(I)c(OCc3ccccc3Cl)c(OCC)c2)NC1=S. The molecule has 30 heavy (non-hydrogen) atoms. The third-order valence-corrected chi connectivity index (χ3v) is 5.87. The van der Waals surface area contributed by atoms with Crippen LogP contribution in [0.2, 0.25) is 5.02 Å². The van der Waals surface area contributed by atoms with Crippen LogP contribution in [0.25, 0.3) is 6.08 Å². The molecule has 1 N–H and O–H groups in total. The Balaban J connectivity index is 1.87. The molecule has 5 nitrogen and oxygen atoms in total. The molecule has 0 bridgehead atoms. The molecule has 0 unspecified atom stereocenters. The first-order chi connectivity index (χ1) is 14.4. The highest BCUT2D eigenvalue weighted by atomic mass is 127. The van der Waals surface area contributed by atoms with E-state index < -0.39 is 0 Å². The highest BCUT2D eigenvalue weighted by molar-refractivity contribution is 14.1. The lowest BCUT2D eigenvalue weighted by molar-refractivity contribution is -0.122. The molecule has 0 aliphatic carbocycles. The van der Waals surface area contributed by atoms with Crippen LogP contribution < -0.4 is 14.8 Å². The molecule has 158 valence electrons. The van der Waals surface area contributed by atoms with Gasteiger partial charge >= 0.3 is 0 Å². The van der Waals surface area contributed by atoms with Crippen LogP contribution in [0.4, 0.5) is 0 Å². The fraction of sp³-hybridized carbons (Fsp3) is 0.273. The number of nitrogens with one attached hydrogen (secondary N) is 1. The first-order valence-corrected chi connectivity index (χ1v) is 11.5. The molecule has 0 spiro atoms. The van der Waals surface area contributed by atoms with Gasteiger partial charge in [-0.1, -0.05) is 36.7 Å². The number of halogens is 2. The van der Waals surface area contributed by atoms with Crippen LogP contribution in [0.1, 0.15) is 31.4 Å². The summed E-state index contributed by atoms with van der Waals surface area (Å²) in [4.78, 5) is 14.2. The first-order valence-electron chi connectivity index (χ1n) is 9.61. The molecule has 3 rings (SSSR count). The standard InChI is InChI=1S/C22H22ClIN2O3S/c1-3-9-26-21(27)18(25-22(26)30)11-14-10-17(24)20(19(12-14)28-4-2)29-13-15-7-5-6-8-16(15)23/h5-8,10-12H,3-4,9,13H2,1-2H3,(H,25,30)/b18-11-. The van der Waals surface area contributed by atoms with Crippen molar-refractivity contribution in [3.05, 3.63) is 61.8 Å². The average Bonchev–Trinajstić information content (AvgIpc) is 2.96. The van der Waals surface area contributed by atoms with Crippen LogP contribution in [-0.2, 0) is 11.4 Å². The molecule has 1 aliphatic rings. The van der Waals surface area contributed by atoms with Gasteiger partial charge in [-0.05, 0) is 78.0 Å². The van der Waals surface area contributed by atoms with E-state index in [-0.39, 0.29) is 5.91 Å². The Morgan fingerprint density at radius 1 is 1.23 bits per heavy atom. The lowest BCUT2D eigenvalue weighted by atomic mass is 10.1. The van der Waals surface area contributed by atoms with Gasteiger partial charge in [-0.2, -0.15) is 0 Å². The van der Waals surface area contributed by atoms with Crippen LogP contribution in [0, 0.1) is 3.57 Å². The average molecular weight is 557 g/mol. The monoisotopic (exact) mass is 556 g/mol. The molecule has 0 atom stereocenters. The van der Waals surface area contributed by atoms with Crippen molar-refractivity contribution < 1.29 is 14.3 Å². The van der Waals surface area contributed by atoms with Gasteiger partial charge in [0.1, 0.15) is 12.3 Å². The minimum absolute atomic E-state index is 0.117. The Hall–Kier alpha value is -1.84. The Labute approximate surface area is 200 Å². The van der Waals surface area contributed by atoms with E-state index in [0.717, 1.165) is 21.1 Å². The summed E-state index contributed by atoms with van der Waals surface area (Å²) in [5, 5.41) is 4.10. The van der Waals surface area contributed by atoms with Gasteiger partial charge in [0.05, 0.1) is 10.2 Å². The lowest BCUT2D eigenvalue weighted by Gasteiger charge is -2.15. The molecule has 0 aromatic heterocycles. The van der Waals surface area contributed by atoms with E-state index in [4.69, 9.17) is 33.3 Å². The molecule has 1 amide bonds. The molecule has 2 aromatic rings. The van der Waals surface area contributed by atoms with Gasteiger partial charge < -0.3 is 14.8 Å². The predicted octanol–water partition coefficient (Wildman–Crippen LogP) is 5.39. The molecular weight excluding hydrogens is 535 g/mol. The number of nitrogens with zero attached hydrogens (tertiary/aromatic N) is 1. The van der Waals surface area contributed by atoms with Crippen LogP contribution in [0.5, 0.6) is 11.5 Å². The van der Waals surface area contributed by atoms with E-state index in [1.54, 1.807) is 11.0 Å². The summed E-state index contributed by atoms with van der Waals surface area (Å²) in [6.45, 7) is 5.34. The van der Waals surface area contributed by atoms with Gasteiger partial charge in [0.25, 0.3) is 5.91 Å². The summed E-state index contributed by atoms with van der Waals surface area (Å²) in [5.74, 6) is 1.14. The van der Waals surface area contributed by atoms with E-state index in [1.807, 2.05) is 50.2 Å². The predicted molar refractivity (Wildman–Crippen MR) is 132 cm³/mol. The largest absolute Gasteiger partial charge is 0.490 e. The second-order valence-corrected chi connectivity index (χ2v) is 8.54. The second-order valence-electron chi connectivity index (χ2n) is 6.59. The smallest absolute Gasteiger partial charge is 0.276 e. The van der Waals surface area contributed by atoms with E-state index in [1.165, 1.54) is 0 Å². The third kappa shape index (κ3) is 5.25. The van der Waals surface area contributed by atoms with Gasteiger partial charge in [0.2, 0.25) is 0 Å². The molecule has 1 saturated heterocycles. The van der Waals surface area contributed by atoms with Gasteiger partial charge in [0.15, 0.2) is 16.6 Å². The zero-order valence-corrected chi connectivity index (χ0v) is 20.4. The third-order valence-electron chi connectivity index (χ3n) is 4.38. The number of hydrogen-bond acceptors (Lipinski definition) is 4. The van der Waals surface area contributed by atoms with E-state index >= 15 is 0 Å². The minimum Gasteiger partial charge on any atom is -0.490 e. The summed E-state index contributed by atoms with van der Waals surface area (Å²) >= 11 is 13.7. The van der Waals surface area contributed by atoms with Gasteiger partial charge in [-0.25, -0.2) is 0 Å². The van der Waals surface area contributed by atoms with Crippen LogP contribution in [-0.4, -0.2) is 29.1 Å². The number of amides is 1. The maximum Gasteiger partial charge on any atom is 0.276 e. The molecular formula is C22H22ClIN2O3S. The van der Waals surface area contributed by atoms with Crippen molar-refractivity contribution in [2.45, 2.75) is 26.9 Å². The highest BCUT2D eigenvalue weighted by Crippen LogP contribution is 2.36. The summed E-state index contributed by atoms with van der Waals surface area (Å²) in [5.41, 5.74) is 2.18. The van der Waals surface area contributed by atoms with Crippen LogP contribution >= 0.6 is 46.4 Å². The number of rotatable bonds is 8. The number of hydrogen-bond donors (Lipinski definition) is 1. The van der Waals surface area contributed by atoms with Crippen molar-refractivity contribution in [2.24, 2.45) is 0 Å². The van der Waals surface area contributed by atoms with Gasteiger partial charge in [0, 0.05) is 17.1 Å². The number of benzene rings is 2. The molecule has 0 radical (unpaired) electrons. The number of ether oxygens (including phenoxy) is 2. The molecule has 1 fully saturated rings.